The molecule has 1 aromatic carbocycles. The van der Waals surface area contributed by atoms with E-state index in [4.69, 9.17) is 0 Å². The van der Waals surface area contributed by atoms with E-state index in [0.717, 1.165) is 51.4 Å². The van der Waals surface area contributed by atoms with Crippen molar-refractivity contribution in [3.05, 3.63) is 30.1 Å². The van der Waals surface area contributed by atoms with Crippen LogP contribution in [0.5, 0.6) is 0 Å². The third-order valence-corrected chi connectivity index (χ3v) is 5.34. The topological polar surface area (TPSA) is 38.8 Å². The van der Waals surface area contributed by atoms with E-state index in [1.165, 1.54) is 12.1 Å². The van der Waals surface area contributed by atoms with Crippen LogP contribution in [-0.4, -0.2) is 74.1 Å². The molecular formula is C18H27FN4O. The molecule has 3 rings (SSSR count). The van der Waals surface area contributed by atoms with Gasteiger partial charge in [-0.3, -0.25) is 9.69 Å². The van der Waals surface area contributed by atoms with Crippen LogP contribution < -0.4 is 10.2 Å². The number of hydrogen-bond donors (Lipinski definition) is 1. The summed E-state index contributed by atoms with van der Waals surface area (Å²) in [6, 6.07) is 6.86. The average molecular weight is 334 g/mol. The number of nitrogens with one attached hydrogen (secondary N) is 1. The van der Waals surface area contributed by atoms with Crippen molar-refractivity contribution in [2.24, 2.45) is 0 Å². The molecule has 0 bridgehead atoms. The van der Waals surface area contributed by atoms with Crippen LogP contribution in [-0.2, 0) is 4.79 Å². The SMILES string of the molecule is CC(C(=O)N(C)C1CCNC1)N1CCN(c2ccc(F)cc2)CC1. The van der Waals surface area contributed by atoms with Gasteiger partial charge < -0.3 is 15.1 Å². The minimum Gasteiger partial charge on any atom is -0.369 e. The molecule has 2 unspecified atom stereocenters. The van der Waals surface area contributed by atoms with E-state index in [-0.39, 0.29) is 17.8 Å². The van der Waals surface area contributed by atoms with E-state index >= 15 is 0 Å². The van der Waals surface area contributed by atoms with Crippen LogP contribution in [0.25, 0.3) is 0 Å². The first-order valence-electron chi connectivity index (χ1n) is 8.78. The van der Waals surface area contributed by atoms with Gasteiger partial charge in [0.05, 0.1) is 6.04 Å². The van der Waals surface area contributed by atoms with Gasteiger partial charge in [-0.25, -0.2) is 4.39 Å². The number of benzene rings is 1. The number of piperazine rings is 1. The zero-order chi connectivity index (χ0) is 17.1. The molecule has 0 aliphatic carbocycles. The Balaban J connectivity index is 1.53. The summed E-state index contributed by atoms with van der Waals surface area (Å²) < 4.78 is 13.0. The number of carbonyl (C=O) groups is 1. The van der Waals surface area contributed by atoms with Crippen molar-refractivity contribution >= 4 is 11.6 Å². The summed E-state index contributed by atoms with van der Waals surface area (Å²) in [5.41, 5.74) is 1.05. The maximum absolute atomic E-state index is 13.0. The summed E-state index contributed by atoms with van der Waals surface area (Å²) in [6.07, 6.45) is 1.04. The Labute approximate surface area is 143 Å². The molecule has 1 N–H and O–H groups in total. The lowest BCUT2D eigenvalue weighted by Gasteiger charge is -2.40. The summed E-state index contributed by atoms with van der Waals surface area (Å²) in [5, 5.41) is 3.31. The fourth-order valence-electron chi connectivity index (χ4n) is 3.62. The second-order valence-corrected chi connectivity index (χ2v) is 6.77. The Kier molecular flexibility index (Phi) is 5.36. The molecule has 1 aromatic rings. The third-order valence-electron chi connectivity index (χ3n) is 5.34. The molecule has 0 radical (unpaired) electrons. The highest BCUT2D eigenvalue weighted by Gasteiger charge is 2.31. The van der Waals surface area contributed by atoms with Crippen LogP contribution in [0.4, 0.5) is 10.1 Å². The Hall–Kier alpha value is -1.66. The molecule has 0 spiro atoms. The van der Waals surface area contributed by atoms with Crippen LogP contribution >= 0.6 is 0 Å². The fraction of sp³-hybridized carbons (Fsp3) is 0.611. The lowest BCUT2D eigenvalue weighted by Crippen LogP contribution is -2.55. The van der Waals surface area contributed by atoms with Crippen molar-refractivity contribution in [2.75, 3.05) is 51.2 Å². The minimum atomic E-state index is -0.207. The van der Waals surface area contributed by atoms with E-state index in [2.05, 4.69) is 15.1 Å². The second kappa shape index (κ2) is 7.49. The third kappa shape index (κ3) is 3.70. The molecule has 2 saturated heterocycles. The van der Waals surface area contributed by atoms with Gasteiger partial charge in [0.15, 0.2) is 0 Å². The number of hydrogen-bond acceptors (Lipinski definition) is 4. The van der Waals surface area contributed by atoms with Crippen molar-refractivity contribution < 1.29 is 9.18 Å². The van der Waals surface area contributed by atoms with Gasteiger partial charge in [-0.15, -0.1) is 0 Å². The van der Waals surface area contributed by atoms with Crippen LogP contribution in [0, 0.1) is 5.82 Å². The predicted octanol–water partition coefficient (Wildman–Crippen LogP) is 1.16. The highest BCUT2D eigenvalue weighted by Crippen LogP contribution is 2.19. The summed E-state index contributed by atoms with van der Waals surface area (Å²) in [7, 11) is 1.92. The molecule has 24 heavy (non-hydrogen) atoms. The first-order valence-corrected chi connectivity index (χ1v) is 8.78. The second-order valence-electron chi connectivity index (χ2n) is 6.77. The molecule has 0 aromatic heterocycles. The molecule has 2 aliphatic heterocycles. The van der Waals surface area contributed by atoms with Gasteiger partial charge >= 0.3 is 0 Å². The number of amides is 1. The van der Waals surface area contributed by atoms with Crippen LogP contribution in [0.1, 0.15) is 13.3 Å². The normalized spacial score (nSPS) is 23.3. The Morgan fingerprint density at radius 1 is 1.25 bits per heavy atom. The molecule has 6 heteroatoms. The average Bonchev–Trinajstić information content (AvgIpc) is 3.15. The zero-order valence-electron chi connectivity index (χ0n) is 14.5. The van der Waals surface area contributed by atoms with Crippen molar-refractivity contribution in [3.63, 3.8) is 0 Å². The maximum Gasteiger partial charge on any atom is 0.239 e. The van der Waals surface area contributed by atoms with Crippen LogP contribution in [0.15, 0.2) is 24.3 Å². The summed E-state index contributed by atoms with van der Waals surface area (Å²) in [6.45, 7) is 7.31. The number of rotatable bonds is 4. The monoisotopic (exact) mass is 334 g/mol. The van der Waals surface area contributed by atoms with Crippen molar-refractivity contribution in [3.8, 4) is 0 Å². The van der Waals surface area contributed by atoms with Gasteiger partial charge in [0.2, 0.25) is 5.91 Å². The first kappa shape index (κ1) is 17.2. The molecule has 0 saturated carbocycles. The van der Waals surface area contributed by atoms with Gasteiger partial charge in [0.25, 0.3) is 0 Å². The smallest absolute Gasteiger partial charge is 0.239 e. The zero-order valence-corrected chi connectivity index (χ0v) is 14.5. The van der Waals surface area contributed by atoms with Gasteiger partial charge in [-0.05, 0) is 44.2 Å². The van der Waals surface area contributed by atoms with E-state index in [0.29, 0.717) is 6.04 Å². The molecule has 5 nitrogen and oxygen atoms in total. The fourth-order valence-corrected chi connectivity index (χ4v) is 3.62. The minimum absolute atomic E-state index is 0.0917. The molecule has 1 amide bonds. The molecule has 2 fully saturated rings. The lowest BCUT2D eigenvalue weighted by atomic mass is 10.1. The first-order chi connectivity index (χ1) is 11.6. The summed E-state index contributed by atoms with van der Waals surface area (Å²) >= 11 is 0. The van der Waals surface area contributed by atoms with E-state index in [1.54, 1.807) is 0 Å². The van der Waals surface area contributed by atoms with Gasteiger partial charge in [-0.2, -0.15) is 0 Å². The van der Waals surface area contributed by atoms with Gasteiger partial charge in [0, 0.05) is 51.5 Å². The van der Waals surface area contributed by atoms with Crippen molar-refractivity contribution in [2.45, 2.75) is 25.4 Å². The van der Waals surface area contributed by atoms with Crippen LogP contribution in [0.3, 0.4) is 0 Å². The molecular weight excluding hydrogens is 307 g/mol. The van der Waals surface area contributed by atoms with Crippen LogP contribution in [0.2, 0.25) is 0 Å². The van der Waals surface area contributed by atoms with Gasteiger partial charge in [0.1, 0.15) is 5.82 Å². The molecule has 2 atom stereocenters. The number of likely N-dealkylation sites (N-methyl/N-ethyl adjacent to an activating group) is 1. The Morgan fingerprint density at radius 2 is 1.92 bits per heavy atom. The summed E-state index contributed by atoms with van der Waals surface area (Å²) in [4.78, 5) is 19.1. The molecule has 2 heterocycles. The quantitative estimate of drug-likeness (QED) is 0.897. The van der Waals surface area contributed by atoms with E-state index < -0.39 is 0 Å². The highest BCUT2D eigenvalue weighted by atomic mass is 19.1. The number of halogens is 1. The summed E-state index contributed by atoms with van der Waals surface area (Å²) in [5.74, 6) is -0.0000215. The largest absolute Gasteiger partial charge is 0.369 e. The predicted molar refractivity (Wildman–Crippen MR) is 93.7 cm³/mol. The number of nitrogens with zero attached hydrogens (tertiary/aromatic N) is 3. The lowest BCUT2D eigenvalue weighted by molar-refractivity contribution is -0.137. The molecule has 132 valence electrons. The Bertz CT molecular complexity index is 551. The standard InChI is InChI=1S/C18H27FN4O/c1-14(18(24)21(2)17-7-8-20-13-17)22-9-11-23(12-10-22)16-5-3-15(19)4-6-16/h3-6,14,17,20H,7-13H2,1-2H3. The Morgan fingerprint density at radius 3 is 2.50 bits per heavy atom. The molecule has 2 aliphatic rings. The number of carbonyl (C=O) groups excluding carboxylic acids is 1. The van der Waals surface area contributed by atoms with Crippen molar-refractivity contribution in [1.82, 2.24) is 15.1 Å². The van der Waals surface area contributed by atoms with Gasteiger partial charge in [-0.1, -0.05) is 0 Å². The van der Waals surface area contributed by atoms with Crippen molar-refractivity contribution in [1.29, 1.82) is 0 Å². The van der Waals surface area contributed by atoms with E-state index in [1.807, 2.05) is 31.0 Å². The highest BCUT2D eigenvalue weighted by molar-refractivity contribution is 5.81. The number of anilines is 1. The van der Waals surface area contributed by atoms with E-state index in [9.17, 15) is 9.18 Å². The maximum atomic E-state index is 13.0.